The zero-order valence-corrected chi connectivity index (χ0v) is 28.6. The molecule has 54 heavy (non-hydrogen) atoms. The van der Waals surface area contributed by atoms with E-state index in [-0.39, 0.29) is 0 Å². The maximum absolute atomic E-state index is 6.27. The van der Waals surface area contributed by atoms with Gasteiger partial charge >= 0.3 is 0 Å². The van der Waals surface area contributed by atoms with Gasteiger partial charge in [0, 0.05) is 27.8 Å². The van der Waals surface area contributed by atoms with Crippen molar-refractivity contribution in [1.82, 2.24) is 24.9 Å². The summed E-state index contributed by atoms with van der Waals surface area (Å²) in [5, 5.41) is 7.15. The van der Waals surface area contributed by atoms with Gasteiger partial charge in [0.25, 0.3) is 0 Å². The van der Waals surface area contributed by atoms with Crippen molar-refractivity contribution in [3.8, 4) is 57.1 Å². The van der Waals surface area contributed by atoms with E-state index in [4.69, 9.17) is 33.8 Å². The Bertz CT molecular complexity index is 3050. The molecule has 0 spiro atoms. The van der Waals surface area contributed by atoms with Gasteiger partial charge in [0.1, 0.15) is 11.0 Å². The summed E-state index contributed by atoms with van der Waals surface area (Å²) in [5.41, 5.74) is 6.94. The number of benzene rings is 8. The van der Waals surface area contributed by atoms with Crippen LogP contribution in [0.2, 0.25) is 0 Å². The predicted octanol–water partition coefficient (Wildman–Crippen LogP) is 11.9. The fraction of sp³-hybridized carbons (Fsp3) is 0. The van der Waals surface area contributed by atoms with E-state index in [1.807, 2.05) is 97.1 Å². The summed E-state index contributed by atoms with van der Waals surface area (Å²) in [7, 11) is 0. The average Bonchev–Trinajstić information content (AvgIpc) is 3.89. The van der Waals surface area contributed by atoms with E-state index >= 15 is 0 Å². The molecule has 11 aromatic rings. The van der Waals surface area contributed by atoms with Crippen LogP contribution in [0, 0.1) is 0 Å². The summed E-state index contributed by atoms with van der Waals surface area (Å²) in [6.45, 7) is 0. The van der Waals surface area contributed by atoms with Gasteiger partial charge in [-0.15, -0.1) is 0 Å². The van der Waals surface area contributed by atoms with E-state index < -0.39 is 0 Å². The molecule has 7 nitrogen and oxygen atoms in total. The summed E-state index contributed by atoms with van der Waals surface area (Å²) in [4.78, 5) is 25.0. The number of rotatable bonds is 5. The Labute approximate surface area is 308 Å². The van der Waals surface area contributed by atoms with Gasteiger partial charge in [0.15, 0.2) is 28.6 Å². The van der Waals surface area contributed by atoms with Crippen LogP contribution >= 0.6 is 0 Å². The number of oxazole rings is 2. The van der Waals surface area contributed by atoms with Gasteiger partial charge < -0.3 is 8.83 Å². The first kappa shape index (κ1) is 30.1. The van der Waals surface area contributed by atoms with Crippen LogP contribution in [0.25, 0.3) is 112 Å². The smallest absolute Gasteiger partial charge is 0.227 e. The van der Waals surface area contributed by atoms with E-state index in [2.05, 4.69) is 66.7 Å². The highest BCUT2D eigenvalue weighted by atomic mass is 16.4. The lowest BCUT2D eigenvalue weighted by Gasteiger charge is -2.13. The van der Waals surface area contributed by atoms with Gasteiger partial charge in [-0.05, 0) is 80.8 Å². The molecule has 11 rings (SSSR count). The molecule has 3 aromatic heterocycles. The van der Waals surface area contributed by atoms with E-state index in [1.54, 1.807) is 0 Å². The number of aromatic nitrogens is 5. The van der Waals surface area contributed by atoms with Crippen LogP contribution in [0.1, 0.15) is 0 Å². The largest absolute Gasteiger partial charge is 0.436 e. The molecule has 252 valence electrons. The maximum atomic E-state index is 6.27. The predicted molar refractivity (Wildman–Crippen MR) is 215 cm³/mol. The molecular weight excluding hydrogens is 667 g/mol. The summed E-state index contributed by atoms with van der Waals surface area (Å²) in [6.07, 6.45) is 0. The third-order valence-corrected chi connectivity index (χ3v) is 9.94. The Kier molecular flexibility index (Phi) is 6.72. The molecule has 8 aromatic carbocycles. The molecule has 0 amide bonds. The maximum Gasteiger partial charge on any atom is 0.227 e. The van der Waals surface area contributed by atoms with Gasteiger partial charge in [0.2, 0.25) is 11.8 Å². The zero-order valence-electron chi connectivity index (χ0n) is 28.6. The standard InChI is InChI=1S/C47H27N5O2/c1-2-12-28(13-3-1)43-50-44(29-22-23-37-35-16-5-4-14-33(35)34-15-6-7-17-36(34)38(37)27-29)52-45(51-43)30-24-31(46-48-39-18-8-10-20-41(39)53-46)26-32(25-30)47-49-40-19-9-11-21-42(40)54-47/h1-27H. The molecule has 0 unspecified atom stereocenters. The van der Waals surface area contributed by atoms with Crippen LogP contribution in [0.4, 0.5) is 0 Å². The first-order chi connectivity index (χ1) is 26.7. The highest BCUT2D eigenvalue weighted by Gasteiger charge is 2.19. The van der Waals surface area contributed by atoms with Crippen molar-refractivity contribution in [3.63, 3.8) is 0 Å². The number of fused-ring (bicyclic) bond motifs is 8. The Hall–Kier alpha value is -7.51. The van der Waals surface area contributed by atoms with E-state index in [0.29, 0.717) is 40.4 Å². The average molecular weight is 694 g/mol. The lowest BCUT2D eigenvalue weighted by Crippen LogP contribution is -2.01. The molecule has 0 bridgehead atoms. The van der Waals surface area contributed by atoms with Gasteiger partial charge in [-0.3, -0.25) is 0 Å². The molecule has 0 saturated carbocycles. The van der Waals surface area contributed by atoms with Crippen LogP contribution in [0.3, 0.4) is 0 Å². The lowest BCUT2D eigenvalue weighted by atomic mass is 9.93. The molecule has 0 radical (unpaired) electrons. The van der Waals surface area contributed by atoms with E-state index in [9.17, 15) is 0 Å². The Balaban J connectivity index is 1.15. The summed E-state index contributed by atoms with van der Waals surface area (Å²) in [5.74, 6) is 2.57. The summed E-state index contributed by atoms with van der Waals surface area (Å²) >= 11 is 0. The summed E-state index contributed by atoms with van der Waals surface area (Å²) in [6, 6.07) is 55.1. The quantitative estimate of drug-likeness (QED) is 0.166. The minimum absolute atomic E-state index is 0.474. The van der Waals surface area contributed by atoms with Crippen molar-refractivity contribution in [2.75, 3.05) is 0 Å². The molecule has 0 atom stereocenters. The highest BCUT2D eigenvalue weighted by Crippen LogP contribution is 2.38. The topological polar surface area (TPSA) is 90.7 Å². The Morgan fingerprint density at radius 1 is 0.278 bits per heavy atom. The molecule has 0 N–H and O–H groups in total. The van der Waals surface area contributed by atoms with Crippen molar-refractivity contribution in [3.05, 3.63) is 164 Å². The first-order valence-corrected chi connectivity index (χ1v) is 17.7. The summed E-state index contributed by atoms with van der Waals surface area (Å²) < 4.78 is 12.5. The van der Waals surface area contributed by atoms with Gasteiger partial charge in [-0.2, -0.15) is 0 Å². The Morgan fingerprint density at radius 2 is 0.704 bits per heavy atom. The van der Waals surface area contributed by atoms with Gasteiger partial charge in [-0.1, -0.05) is 115 Å². The van der Waals surface area contributed by atoms with Crippen LogP contribution in [-0.4, -0.2) is 24.9 Å². The molecule has 3 heterocycles. The van der Waals surface area contributed by atoms with Crippen LogP contribution < -0.4 is 0 Å². The highest BCUT2D eigenvalue weighted by molar-refractivity contribution is 6.25. The van der Waals surface area contributed by atoms with Crippen molar-refractivity contribution in [2.24, 2.45) is 0 Å². The molecule has 0 aliphatic carbocycles. The van der Waals surface area contributed by atoms with Gasteiger partial charge in [-0.25, -0.2) is 24.9 Å². The van der Waals surface area contributed by atoms with Crippen LogP contribution in [-0.2, 0) is 0 Å². The normalized spacial score (nSPS) is 11.7. The van der Waals surface area contributed by atoms with Crippen molar-refractivity contribution < 1.29 is 8.83 Å². The minimum Gasteiger partial charge on any atom is -0.436 e. The SMILES string of the molecule is c1ccc(-c2nc(-c3cc(-c4nc5ccccc5o4)cc(-c4nc5ccccc5o4)c3)nc(-c3ccc4c5ccccc5c5ccccc5c4c3)n2)cc1. The molecule has 7 heteroatoms. The molecular formula is C47H27N5O2. The second kappa shape index (κ2) is 12.0. The third kappa shape index (κ3) is 5.02. The van der Waals surface area contributed by atoms with Crippen LogP contribution in [0.5, 0.6) is 0 Å². The van der Waals surface area contributed by atoms with E-state index in [1.165, 1.54) is 26.9 Å². The number of para-hydroxylation sites is 4. The van der Waals surface area contributed by atoms with Gasteiger partial charge in [0.05, 0.1) is 0 Å². The van der Waals surface area contributed by atoms with Crippen molar-refractivity contribution in [2.45, 2.75) is 0 Å². The number of hydrogen-bond acceptors (Lipinski definition) is 7. The van der Waals surface area contributed by atoms with Crippen LogP contribution in [0.15, 0.2) is 173 Å². The molecule has 0 fully saturated rings. The fourth-order valence-electron chi connectivity index (χ4n) is 7.39. The number of hydrogen-bond donors (Lipinski definition) is 0. The molecule has 0 saturated heterocycles. The second-order valence-corrected chi connectivity index (χ2v) is 13.3. The zero-order chi connectivity index (χ0) is 35.6. The monoisotopic (exact) mass is 693 g/mol. The minimum atomic E-state index is 0.474. The number of nitrogens with zero attached hydrogens (tertiary/aromatic N) is 5. The second-order valence-electron chi connectivity index (χ2n) is 13.3. The molecule has 0 aliphatic rings. The Morgan fingerprint density at radius 3 is 1.26 bits per heavy atom. The molecule has 0 aliphatic heterocycles. The first-order valence-electron chi connectivity index (χ1n) is 17.7. The fourth-order valence-corrected chi connectivity index (χ4v) is 7.39. The lowest BCUT2D eigenvalue weighted by molar-refractivity contribution is 0.617. The van der Waals surface area contributed by atoms with E-state index in [0.717, 1.165) is 44.2 Å². The third-order valence-electron chi connectivity index (χ3n) is 9.94. The van der Waals surface area contributed by atoms with Crippen molar-refractivity contribution >= 4 is 54.5 Å². The van der Waals surface area contributed by atoms with Crippen molar-refractivity contribution in [1.29, 1.82) is 0 Å².